The molecule has 2 aromatic heterocycles. The van der Waals surface area contributed by atoms with Crippen molar-refractivity contribution in [1.82, 2.24) is 19.3 Å². The van der Waals surface area contributed by atoms with Crippen molar-refractivity contribution >= 4 is 33.4 Å². The van der Waals surface area contributed by atoms with E-state index >= 15 is 0 Å². The highest BCUT2D eigenvalue weighted by atomic mass is 32.1. The number of methoxy groups -OCH3 is 1. The Hall–Kier alpha value is -2.81. The van der Waals surface area contributed by atoms with Gasteiger partial charge >= 0.3 is 5.97 Å². The molecule has 0 fully saturated rings. The van der Waals surface area contributed by atoms with Gasteiger partial charge in [-0.3, -0.25) is 9.59 Å². The van der Waals surface area contributed by atoms with Gasteiger partial charge in [0.2, 0.25) is 0 Å². The smallest absolute Gasteiger partial charge is 0.325 e. The quantitative estimate of drug-likeness (QED) is 0.653. The first kappa shape index (κ1) is 17.0. The number of esters is 1. The van der Waals surface area contributed by atoms with Crippen molar-refractivity contribution in [1.29, 1.82) is 0 Å². The molecule has 0 radical (unpaired) electrons. The summed E-state index contributed by atoms with van der Waals surface area (Å²) in [6.45, 7) is 3.97. The monoisotopic (exact) mass is 359 g/mol. The molecule has 130 valence electrons. The third-order valence-corrected chi connectivity index (χ3v) is 4.84. The minimum Gasteiger partial charge on any atom is -0.468 e. The van der Waals surface area contributed by atoms with Crippen LogP contribution in [0, 0.1) is 13.8 Å². The van der Waals surface area contributed by atoms with Crippen molar-refractivity contribution in [2.24, 2.45) is 4.99 Å². The molecule has 0 unspecified atom stereocenters. The average Bonchev–Trinajstić information content (AvgIpc) is 3.17. The van der Waals surface area contributed by atoms with E-state index in [0.717, 1.165) is 21.3 Å². The van der Waals surface area contributed by atoms with Crippen LogP contribution in [0.25, 0.3) is 10.2 Å². The second kappa shape index (κ2) is 6.98. The van der Waals surface area contributed by atoms with Gasteiger partial charge in [-0.1, -0.05) is 17.4 Å². The molecule has 0 spiro atoms. The lowest BCUT2D eigenvalue weighted by atomic mass is 10.1. The standard InChI is InChI=1S/C16H17N5O3S/c1-10-4-11(2)15-12(5-10)21(7-14(23)24-3)16(25-15)19-13(22)6-20-9-17-8-18-20/h4-5,8-9H,6-7H2,1-3H3. The van der Waals surface area contributed by atoms with Crippen LogP contribution in [0.5, 0.6) is 0 Å². The highest BCUT2D eigenvalue weighted by molar-refractivity contribution is 7.16. The summed E-state index contributed by atoms with van der Waals surface area (Å²) in [6.07, 6.45) is 2.81. The Kier molecular flexibility index (Phi) is 4.75. The number of nitrogens with zero attached hydrogens (tertiary/aromatic N) is 5. The van der Waals surface area contributed by atoms with E-state index in [9.17, 15) is 9.59 Å². The van der Waals surface area contributed by atoms with Crippen molar-refractivity contribution in [2.75, 3.05) is 7.11 Å². The Labute approximate surface area is 147 Å². The number of benzene rings is 1. The van der Waals surface area contributed by atoms with E-state index in [2.05, 4.69) is 21.1 Å². The van der Waals surface area contributed by atoms with Crippen molar-refractivity contribution in [2.45, 2.75) is 26.9 Å². The van der Waals surface area contributed by atoms with Crippen LogP contribution in [0.1, 0.15) is 11.1 Å². The zero-order valence-electron chi connectivity index (χ0n) is 14.1. The Bertz CT molecular complexity index is 1000. The second-order valence-electron chi connectivity index (χ2n) is 5.58. The molecule has 25 heavy (non-hydrogen) atoms. The van der Waals surface area contributed by atoms with Crippen LogP contribution < -0.4 is 4.80 Å². The molecule has 0 aliphatic carbocycles. The van der Waals surface area contributed by atoms with E-state index in [1.54, 1.807) is 4.57 Å². The van der Waals surface area contributed by atoms with Crippen molar-refractivity contribution in [3.05, 3.63) is 40.7 Å². The lowest BCUT2D eigenvalue weighted by Crippen LogP contribution is -2.23. The van der Waals surface area contributed by atoms with Crippen LogP contribution in [0.2, 0.25) is 0 Å². The van der Waals surface area contributed by atoms with Gasteiger partial charge in [-0.2, -0.15) is 10.1 Å². The molecule has 0 aliphatic heterocycles. The predicted octanol–water partition coefficient (Wildman–Crippen LogP) is 1.21. The lowest BCUT2D eigenvalue weighted by Gasteiger charge is -2.05. The predicted molar refractivity (Wildman–Crippen MR) is 91.9 cm³/mol. The fourth-order valence-corrected chi connectivity index (χ4v) is 3.64. The van der Waals surface area contributed by atoms with Crippen LogP contribution >= 0.6 is 11.3 Å². The number of rotatable bonds is 4. The number of hydrogen-bond donors (Lipinski definition) is 0. The van der Waals surface area contributed by atoms with Gasteiger partial charge in [-0.05, 0) is 31.0 Å². The number of aromatic nitrogens is 4. The van der Waals surface area contributed by atoms with Crippen molar-refractivity contribution in [3.8, 4) is 0 Å². The maximum absolute atomic E-state index is 12.2. The summed E-state index contributed by atoms with van der Waals surface area (Å²) in [5, 5.41) is 3.90. The van der Waals surface area contributed by atoms with E-state index in [4.69, 9.17) is 4.74 Å². The Balaban J connectivity index is 2.10. The molecule has 0 aliphatic rings. The SMILES string of the molecule is COC(=O)Cn1c(=NC(=O)Cn2cncn2)sc2c(C)cc(C)cc21. The minimum atomic E-state index is -0.399. The fraction of sp³-hybridized carbons (Fsp3) is 0.312. The lowest BCUT2D eigenvalue weighted by molar-refractivity contribution is -0.141. The molecular formula is C16H17N5O3S. The number of thiazole rings is 1. The number of carbonyl (C=O) groups is 2. The van der Waals surface area contributed by atoms with E-state index in [0.29, 0.717) is 4.80 Å². The summed E-state index contributed by atoms with van der Waals surface area (Å²) >= 11 is 1.38. The van der Waals surface area contributed by atoms with E-state index in [-0.39, 0.29) is 19.0 Å². The van der Waals surface area contributed by atoms with Crippen molar-refractivity contribution < 1.29 is 14.3 Å². The maximum Gasteiger partial charge on any atom is 0.325 e. The third kappa shape index (κ3) is 3.66. The fourth-order valence-electron chi connectivity index (χ4n) is 2.54. The molecular weight excluding hydrogens is 342 g/mol. The number of hydrogen-bond acceptors (Lipinski definition) is 6. The van der Waals surface area contributed by atoms with Crippen LogP contribution in [0.3, 0.4) is 0 Å². The van der Waals surface area contributed by atoms with Crippen molar-refractivity contribution in [3.63, 3.8) is 0 Å². The second-order valence-corrected chi connectivity index (χ2v) is 6.55. The molecule has 1 aromatic carbocycles. The molecule has 0 atom stereocenters. The van der Waals surface area contributed by atoms with Gasteiger partial charge in [-0.15, -0.1) is 0 Å². The number of amides is 1. The average molecular weight is 359 g/mol. The molecule has 3 aromatic rings. The molecule has 0 bridgehead atoms. The van der Waals surface area contributed by atoms with Crippen LogP contribution in [0.4, 0.5) is 0 Å². The van der Waals surface area contributed by atoms with Crippen LogP contribution in [-0.4, -0.2) is 38.3 Å². The first-order valence-electron chi connectivity index (χ1n) is 7.55. The van der Waals surface area contributed by atoms with E-state index < -0.39 is 5.97 Å². The van der Waals surface area contributed by atoms with Crippen LogP contribution in [-0.2, 0) is 27.4 Å². The molecule has 2 heterocycles. The zero-order chi connectivity index (χ0) is 18.0. The van der Waals surface area contributed by atoms with Gasteiger partial charge in [-0.25, -0.2) is 9.67 Å². The van der Waals surface area contributed by atoms with E-state index in [1.165, 1.54) is 35.8 Å². The van der Waals surface area contributed by atoms with Gasteiger partial charge < -0.3 is 9.30 Å². The van der Waals surface area contributed by atoms with Gasteiger partial charge in [0.25, 0.3) is 5.91 Å². The van der Waals surface area contributed by atoms with Gasteiger partial charge in [0.15, 0.2) is 4.80 Å². The molecule has 9 heteroatoms. The summed E-state index contributed by atoms with van der Waals surface area (Å²) in [7, 11) is 1.33. The first-order chi connectivity index (χ1) is 12.0. The Morgan fingerprint density at radius 3 is 2.76 bits per heavy atom. The number of aryl methyl sites for hydroxylation is 2. The highest BCUT2D eigenvalue weighted by Gasteiger charge is 2.14. The van der Waals surface area contributed by atoms with Crippen LogP contribution in [0.15, 0.2) is 29.8 Å². The Morgan fingerprint density at radius 1 is 1.28 bits per heavy atom. The third-order valence-electron chi connectivity index (χ3n) is 3.61. The minimum absolute atomic E-state index is 0.00513. The first-order valence-corrected chi connectivity index (χ1v) is 8.37. The molecule has 3 rings (SSSR count). The summed E-state index contributed by atoms with van der Waals surface area (Å²) in [6, 6.07) is 4.03. The van der Waals surface area contributed by atoms with Gasteiger partial charge in [0.1, 0.15) is 25.7 Å². The largest absolute Gasteiger partial charge is 0.468 e. The summed E-state index contributed by atoms with van der Waals surface area (Å²) < 4.78 is 8.88. The summed E-state index contributed by atoms with van der Waals surface area (Å²) in [4.78, 5) is 32.5. The normalized spacial score (nSPS) is 11.9. The number of fused-ring (bicyclic) bond motifs is 1. The number of ether oxygens (including phenoxy) is 1. The van der Waals surface area contributed by atoms with Gasteiger partial charge in [0.05, 0.1) is 17.3 Å². The Morgan fingerprint density at radius 2 is 2.08 bits per heavy atom. The molecule has 0 saturated carbocycles. The van der Waals surface area contributed by atoms with Gasteiger partial charge in [0, 0.05) is 0 Å². The molecule has 8 nitrogen and oxygen atoms in total. The maximum atomic E-state index is 12.2. The topological polar surface area (TPSA) is 91.4 Å². The molecule has 0 N–H and O–H groups in total. The summed E-state index contributed by atoms with van der Waals surface area (Å²) in [5.41, 5.74) is 3.01. The summed E-state index contributed by atoms with van der Waals surface area (Å²) in [5.74, 6) is -0.769. The molecule has 1 amide bonds. The highest BCUT2D eigenvalue weighted by Crippen LogP contribution is 2.23. The number of carbonyl (C=O) groups excluding carboxylic acids is 2. The zero-order valence-corrected chi connectivity index (χ0v) is 14.9. The van der Waals surface area contributed by atoms with E-state index in [1.807, 2.05) is 19.9 Å². The molecule has 0 saturated heterocycles.